The van der Waals surface area contributed by atoms with E-state index in [4.69, 9.17) is 0 Å². The van der Waals surface area contributed by atoms with Crippen LogP contribution in [0.15, 0.2) is 12.2 Å². The summed E-state index contributed by atoms with van der Waals surface area (Å²) >= 11 is 0. The van der Waals surface area contributed by atoms with Gasteiger partial charge >= 0.3 is 0 Å². The molecule has 0 aliphatic carbocycles. The first kappa shape index (κ1) is 43.9. The second-order valence-electron chi connectivity index (χ2n) is 13.5. The average molecular weight is 639 g/mol. The van der Waals surface area contributed by atoms with Gasteiger partial charge in [0.25, 0.3) is 0 Å². The molecule has 3 atom stereocenters. The monoisotopic (exact) mass is 639 g/mol. The molecule has 0 bridgehead atoms. The van der Waals surface area contributed by atoms with Gasteiger partial charge in [0.2, 0.25) is 5.60 Å². The zero-order chi connectivity index (χ0) is 33.4. The summed E-state index contributed by atoms with van der Waals surface area (Å²) in [5, 5.41) is 40.6. The first-order chi connectivity index (χ1) is 21.8. The Balaban J connectivity index is 4.02. The number of hydrogen-bond acceptors (Lipinski definition) is 6. The summed E-state index contributed by atoms with van der Waals surface area (Å²) in [6.45, 7) is 3.62. The molecule has 0 heterocycles. The molecule has 6 nitrogen and oxygen atoms in total. The molecular formula is C39H74O6. The maximum Gasteiger partial charge on any atom is 0.209 e. The van der Waals surface area contributed by atoms with Crippen molar-refractivity contribution in [2.75, 3.05) is 6.61 Å². The van der Waals surface area contributed by atoms with Crippen molar-refractivity contribution in [2.45, 2.75) is 218 Å². The van der Waals surface area contributed by atoms with Gasteiger partial charge in [0.05, 0.1) is 12.7 Å². The van der Waals surface area contributed by atoms with E-state index in [1.54, 1.807) is 0 Å². The van der Waals surface area contributed by atoms with Crippen molar-refractivity contribution < 1.29 is 30.0 Å². The molecule has 0 saturated heterocycles. The van der Waals surface area contributed by atoms with E-state index in [0.717, 1.165) is 70.6 Å². The van der Waals surface area contributed by atoms with Gasteiger partial charge in [-0.25, -0.2) is 0 Å². The van der Waals surface area contributed by atoms with Crippen molar-refractivity contribution in [2.24, 2.45) is 0 Å². The number of aliphatic hydroxyl groups is 4. The molecule has 0 aromatic heterocycles. The van der Waals surface area contributed by atoms with E-state index in [-0.39, 0.29) is 18.9 Å². The van der Waals surface area contributed by atoms with Gasteiger partial charge in [0, 0.05) is 12.8 Å². The Labute approximate surface area is 277 Å². The number of rotatable bonds is 35. The van der Waals surface area contributed by atoms with Gasteiger partial charge in [-0.2, -0.15) is 0 Å². The van der Waals surface area contributed by atoms with Crippen molar-refractivity contribution in [1.82, 2.24) is 0 Å². The van der Waals surface area contributed by atoms with Gasteiger partial charge in [0.1, 0.15) is 6.10 Å². The van der Waals surface area contributed by atoms with Crippen LogP contribution in [-0.2, 0) is 9.59 Å². The van der Waals surface area contributed by atoms with Crippen LogP contribution in [-0.4, -0.2) is 56.4 Å². The molecule has 0 amide bonds. The summed E-state index contributed by atoms with van der Waals surface area (Å²) in [6.07, 6.45) is 32.1. The Kier molecular flexibility index (Phi) is 30.8. The lowest BCUT2D eigenvalue weighted by molar-refractivity contribution is -0.166. The third-order valence-corrected chi connectivity index (χ3v) is 9.25. The fourth-order valence-corrected chi connectivity index (χ4v) is 6.07. The van der Waals surface area contributed by atoms with Crippen molar-refractivity contribution in [1.29, 1.82) is 0 Å². The van der Waals surface area contributed by atoms with Gasteiger partial charge in [-0.15, -0.1) is 0 Å². The third kappa shape index (κ3) is 23.8. The Hall–Kier alpha value is -1.08. The van der Waals surface area contributed by atoms with E-state index in [0.29, 0.717) is 12.8 Å². The minimum absolute atomic E-state index is 0.0220. The van der Waals surface area contributed by atoms with Crippen LogP contribution >= 0.6 is 0 Å². The second-order valence-corrected chi connectivity index (χ2v) is 13.5. The second kappa shape index (κ2) is 31.5. The van der Waals surface area contributed by atoms with E-state index >= 15 is 0 Å². The van der Waals surface area contributed by atoms with Crippen LogP contribution in [0.4, 0.5) is 0 Å². The fraction of sp³-hybridized carbons (Fsp3) is 0.897. The lowest BCUT2D eigenvalue weighted by Crippen LogP contribution is -2.57. The van der Waals surface area contributed by atoms with Gasteiger partial charge in [-0.05, 0) is 38.5 Å². The minimum atomic E-state index is -2.50. The van der Waals surface area contributed by atoms with Gasteiger partial charge in [0.15, 0.2) is 11.6 Å². The Morgan fingerprint density at radius 3 is 1.36 bits per heavy atom. The molecule has 45 heavy (non-hydrogen) atoms. The number of ketones is 2. The van der Waals surface area contributed by atoms with Crippen LogP contribution in [0.1, 0.15) is 200 Å². The molecule has 0 aromatic rings. The molecule has 0 spiro atoms. The van der Waals surface area contributed by atoms with Crippen LogP contribution in [0.25, 0.3) is 0 Å². The van der Waals surface area contributed by atoms with Crippen molar-refractivity contribution in [3.8, 4) is 0 Å². The van der Waals surface area contributed by atoms with Crippen LogP contribution in [0, 0.1) is 0 Å². The highest BCUT2D eigenvalue weighted by Gasteiger charge is 2.48. The number of allylic oxidation sites excluding steroid dienone is 1. The Bertz CT molecular complexity index is 708. The SMILES string of the molecule is CCCCCCCCCCCCCCCCCC(=O)C(O)(C(=O)CCCCCCC/C=C\C[C@H](O)CCCCCC)C(O)CO. The van der Waals surface area contributed by atoms with Crippen molar-refractivity contribution >= 4 is 11.6 Å². The Morgan fingerprint density at radius 1 is 0.556 bits per heavy atom. The van der Waals surface area contributed by atoms with Crippen LogP contribution in [0.3, 0.4) is 0 Å². The lowest BCUT2D eigenvalue weighted by Gasteiger charge is -2.29. The number of carbonyl (C=O) groups is 2. The number of hydrogen-bond donors (Lipinski definition) is 4. The van der Waals surface area contributed by atoms with Gasteiger partial charge in [-0.3, -0.25) is 9.59 Å². The molecule has 0 rings (SSSR count). The largest absolute Gasteiger partial charge is 0.394 e. The van der Waals surface area contributed by atoms with Gasteiger partial charge < -0.3 is 20.4 Å². The zero-order valence-corrected chi connectivity index (χ0v) is 29.6. The predicted octanol–water partition coefficient (Wildman–Crippen LogP) is 9.48. The summed E-state index contributed by atoms with van der Waals surface area (Å²) < 4.78 is 0. The molecule has 266 valence electrons. The highest BCUT2D eigenvalue weighted by molar-refractivity contribution is 6.10. The molecule has 0 aromatic carbocycles. The standard InChI is InChI=1S/C39H74O6/c1-3-5-7-9-10-11-12-13-14-15-16-17-21-24-28-32-36(42)39(45,38(44)34-40)37(43)33-29-25-22-19-18-20-23-27-31-35(41)30-26-8-6-4-2/h23,27,35,38,40-41,44-45H,3-22,24-26,28-34H2,1-2H3/b27-23-/t35-,38?,39?/m1/s1. The predicted molar refractivity (Wildman–Crippen MR) is 188 cm³/mol. The van der Waals surface area contributed by atoms with E-state index in [9.17, 15) is 30.0 Å². The van der Waals surface area contributed by atoms with Crippen LogP contribution < -0.4 is 0 Å². The minimum Gasteiger partial charge on any atom is -0.394 e. The topological polar surface area (TPSA) is 115 Å². The summed E-state index contributed by atoms with van der Waals surface area (Å²) in [4.78, 5) is 25.7. The summed E-state index contributed by atoms with van der Waals surface area (Å²) in [6, 6.07) is 0. The van der Waals surface area contributed by atoms with Crippen molar-refractivity contribution in [3.05, 3.63) is 12.2 Å². The maximum absolute atomic E-state index is 12.9. The van der Waals surface area contributed by atoms with Crippen LogP contribution in [0.5, 0.6) is 0 Å². The Morgan fingerprint density at radius 2 is 0.933 bits per heavy atom. The number of carbonyl (C=O) groups excluding carboxylic acids is 2. The van der Waals surface area contributed by atoms with E-state index in [2.05, 4.69) is 26.0 Å². The van der Waals surface area contributed by atoms with E-state index in [1.165, 1.54) is 89.9 Å². The molecule has 6 heteroatoms. The lowest BCUT2D eigenvalue weighted by atomic mass is 9.82. The quantitative estimate of drug-likeness (QED) is 0.0312. The molecule has 0 fully saturated rings. The van der Waals surface area contributed by atoms with E-state index in [1.807, 2.05) is 0 Å². The molecule has 4 N–H and O–H groups in total. The third-order valence-electron chi connectivity index (χ3n) is 9.25. The number of Topliss-reactive ketones (excluding diaryl/α,β-unsaturated/α-hetero) is 2. The van der Waals surface area contributed by atoms with E-state index < -0.39 is 29.9 Å². The molecular weight excluding hydrogens is 564 g/mol. The fourth-order valence-electron chi connectivity index (χ4n) is 6.07. The number of aliphatic hydroxyl groups excluding tert-OH is 3. The summed E-state index contributed by atoms with van der Waals surface area (Å²) in [7, 11) is 0. The van der Waals surface area contributed by atoms with Crippen molar-refractivity contribution in [3.63, 3.8) is 0 Å². The molecule has 0 radical (unpaired) electrons. The summed E-state index contributed by atoms with van der Waals surface area (Å²) in [5.74, 6) is -1.34. The van der Waals surface area contributed by atoms with Crippen LogP contribution in [0.2, 0.25) is 0 Å². The molecule has 0 aliphatic heterocycles. The number of unbranched alkanes of at least 4 members (excludes halogenated alkanes) is 22. The molecule has 2 unspecified atom stereocenters. The first-order valence-electron chi connectivity index (χ1n) is 19.2. The average Bonchev–Trinajstić information content (AvgIpc) is 3.04. The highest BCUT2D eigenvalue weighted by atomic mass is 16.4. The highest BCUT2D eigenvalue weighted by Crippen LogP contribution is 2.22. The maximum atomic E-state index is 12.9. The van der Waals surface area contributed by atoms with Gasteiger partial charge in [-0.1, -0.05) is 161 Å². The normalized spacial score (nSPS) is 14.5. The molecule has 0 aliphatic rings. The smallest absolute Gasteiger partial charge is 0.209 e. The zero-order valence-electron chi connectivity index (χ0n) is 29.6. The molecule has 0 saturated carbocycles. The first-order valence-corrected chi connectivity index (χ1v) is 19.2. The summed E-state index contributed by atoms with van der Waals surface area (Å²) in [5.41, 5.74) is -2.50.